The Morgan fingerprint density at radius 3 is 2.81 bits per heavy atom. The topological polar surface area (TPSA) is 93.7 Å². The summed E-state index contributed by atoms with van der Waals surface area (Å²) in [5.74, 6) is 0.899. The lowest BCUT2D eigenvalue weighted by molar-refractivity contribution is -0.123. The molecule has 2 atom stereocenters. The number of hydrogen-bond donors (Lipinski definition) is 2. The number of ether oxygens (including phenoxy) is 2. The van der Waals surface area contributed by atoms with E-state index < -0.39 is 10.0 Å². The number of hydrogen-bond acceptors (Lipinski definition) is 5. The molecule has 0 saturated carbocycles. The summed E-state index contributed by atoms with van der Waals surface area (Å²) in [5, 5.41) is 2.73. The Bertz CT molecular complexity index is 673. The van der Waals surface area contributed by atoms with Crippen molar-refractivity contribution in [2.45, 2.75) is 36.7 Å². The lowest BCUT2D eigenvalue weighted by atomic mass is 10.0. The third kappa shape index (κ3) is 2.81. The number of carbonyl (C=O) groups excluding carboxylic acids is 1. The molecular weight excluding hydrogens is 296 g/mol. The molecule has 0 aliphatic carbocycles. The molecule has 2 aliphatic heterocycles. The molecule has 2 N–H and O–H groups in total. The summed E-state index contributed by atoms with van der Waals surface area (Å²) >= 11 is 0. The van der Waals surface area contributed by atoms with E-state index in [4.69, 9.17) is 9.47 Å². The predicted octanol–water partition coefficient (Wildman–Crippen LogP) is 0.361. The number of piperidine rings is 1. The molecule has 114 valence electrons. The first-order valence-corrected chi connectivity index (χ1v) is 8.15. The summed E-state index contributed by atoms with van der Waals surface area (Å²) in [6, 6.07) is 3.93. The van der Waals surface area contributed by atoms with E-state index in [1.807, 2.05) is 0 Å². The number of carbonyl (C=O) groups is 1. The van der Waals surface area contributed by atoms with Gasteiger partial charge in [0.1, 0.15) is 0 Å². The minimum atomic E-state index is -3.67. The summed E-state index contributed by atoms with van der Waals surface area (Å²) in [4.78, 5) is 11.4. The van der Waals surface area contributed by atoms with E-state index in [1.54, 1.807) is 13.0 Å². The van der Waals surface area contributed by atoms with Crippen LogP contribution in [-0.2, 0) is 14.8 Å². The molecule has 3 rings (SSSR count). The van der Waals surface area contributed by atoms with Crippen molar-refractivity contribution in [3.8, 4) is 11.5 Å². The summed E-state index contributed by atoms with van der Waals surface area (Å²) in [6.45, 7) is 1.88. The number of sulfonamides is 1. The van der Waals surface area contributed by atoms with Crippen LogP contribution in [0.4, 0.5) is 0 Å². The zero-order valence-corrected chi connectivity index (χ0v) is 12.3. The maximum Gasteiger partial charge on any atom is 0.241 e. The second-order valence-electron chi connectivity index (χ2n) is 5.14. The molecule has 0 spiro atoms. The highest BCUT2D eigenvalue weighted by Crippen LogP contribution is 2.33. The number of fused-ring (bicyclic) bond motifs is 1. The Kier molecular flexibility index (Phi) is 3.50. The molecule has 21 heavy (non-hydrogen) atoms. The van der Waals surface area contributed by atoms with Crippen molar-refractivity contribution < 1.29 is 22.7 Å². The third-order valence-corrected chi connectivity index (χ3v) is 5.12. The average Bonchev–Trinajstić information content (AvgIpc) is 2.89. The minimum Gasteiger partial charge on any atom is -0.454 e. The first kappa shape index (κ1) is 14.2. The molecule has 0 bridgehead atoms. The summed E-state index contributed by atoms with van der Waals surface area (Å²) < 4.78 is 37.8. The largest absolute Gasteiger partial charge is 0.454 e. The Balaban J connectivity index is 1.79. The van der Waals surface area contributed by atoms with Crippen molar-refractivity contribution in [1.82, 2.24) is 10.0 Å². The van der Waals surface area contributed by atoms with Crippen LogP contribution in [0.5, 0.6) is 11.5 Å². The SMILES string of the molecule is CC1NC(=O)CCC1NS(=O)(=O)c1ccc2c(c1)OCO2. The highest BCUT2D eigenvalue weighted by atomic mass is 32.2. The van der Waals surface area contributed by atoms with Gasteiger partial charge >= 0.3 is 0 Å². The van der Waals surface area contributed by atoms with Crippen LogP contribution in [0.3, 0.4) is 0 Å². The van der Waals surface area contributed by atoms with Crippen LogP contribution in [0.25, 0.3) is 0 Å². The van der Waals surface area contributed by atoms with Crippen molar-refractivity contribution >= 4 is 15.9 Å². The monoisotopic (exact) mass is 312 g/mol. The van der Waals surface area contributed by atoms with Crippen molar-refractivity contribution in [1.29, 1.82) is 0 Å². The number of nitrogens with one attached hydrogen (secondary N) is 2. The van der Waals surface area contributed by atoms with Gasteiger partial charge in [-0.15, -0.1) is 0 Å². The second kappa shape index (κ2) is 5.19. The van der Waals surface area contributed by atoms with E-state index in [1.165, 1.54) is 12.1 Å². The van der Waals surface area contributed by atoms with Gasteiger partial charge in [-0.3, -0.25) is 4.79 Å². The van der Waals surface area contributed by atoms with Crippen LogP contribution < -0.4 is 19.5 Å². The summed E-state index contributed by atoms with van der Waals surface area (Å²) in [5.41, 5.74) is 0. The molecule has 1 saturated heterocycles. The van der Waals surface area contributed by atoms with Crippen molar-refractivity contribution in [3.05, 3.63) is 18.2 Å². The molecule has 2 aliphatic rings. The average molecular weight is 312 g/mol. The molecule has 0 aromatic heterocycles. The normalized spacial score (nSPS) is 24.7. The molecule has 1 amide bonds. The predicted molar refractivity (Wildman–Crippen MR) is 73.5 cm³/mol. The first-order chi connectivity index (χ1) is 9.95. The molecule has 8 heteroatoms. The number of amides is 1. The van der Waals surface area contributed by atoms with Crippen molar-refractivity contribution in [3.63, 3.8) is 0 Å². The van der Waals surface area contributed by atoms with E-state index in [2.05, 4.69) is 10.0 Å². The van der Waals surface area contributed by atoms with Gasteiger partial charge in [-0.25, -0.2) is 13.1 Å². The Hall–Kier alpha value is -1.80. The highest BCUT2D eigenvalue weighted by Gasteiger charge is 2.30. The van der Waals surface area contributed by atoms with E-state index in [9.17, 15) is 13.2 Å². The van der Waals surface area contributed by atoms with Gasteiger partial charge in [0.05, 0.1) is 4.90 Å². The van der Waals surface area contributed by atoms with E-state index >= 15 is 0 Å². The summed E-state index contributed by atoms with van der Waals surface area (Å²) in [7, 11) is -3.67. The third-order valence-electron chi connectivity index (χ3n) is 3.64. The van der Waals surface area contributed by atoms with Gasteiger partial charge < -0.3 is 14.8 Å². The fraction of sp³-hybridized carbons (Fsp3) is 0.462. The smallest absolute Gasteiger partial charge is 0.241 e. The maximum absolute atomic E-state index is 12.4. The van der Waals surface area contributed by atoms with Gasteiger partial charge in [0.25, 0.3) is 0 Å². The fourth-order valence-electron chi connectivity index (χ4n) is 2.44. The van der Waals surface area contributed by atoms with E-state index in [0.29, 0.717) is 24.3 Å². The molecule has 1 fully saturated rings. The van der Waals surface area contributed by atoms with Gasteiger partial charge in [0, 0.05) is 24.6 Å². The number of benzene rings is 1. The first-order valence-electron chi connectivity index (χ1n) is 6.67. The molecule has 1 aromatic rings. The Labute approximate surface area is 122 Å². The Morgan fingerprint density at radius 2 is 2.05 bits per heavy atom. The molecule has 2 unspecified atom stereocenters. The summed E-state index contributed by atoms with van der Waals surface area (Å²) in [6.07, 6.45) is 0.801. The van der Waals surface area contributed by atoms with Gasteiger partial charge in [0.2, 0.25) is 22.7 Å². The Morgan fingerprint density at radius 1 is 1.29 bits per heavy atom. The van der Waals surface area contributed by atoms with Crippen LogP contribution in [-0.4, -0.2) is 33.2 Å². The van der Waals surface area contributed by atoms with Gasteiger partial charge in [-0.05, 0) is 25.5 Å². The van der Waals surface area contributed by atoms with Gasteiger partial charge in [-0.1, -0.05) is 0 Å². The minimum absolute atomic E-state index is 0.0546. The van der Waals surface area contributed by atoms with Crippen molar-refractivity contribution in [2.24, 2.45) is 0 Å². The van der Waals surface area contributed by atoms with E-state index in [-0.39, 0.29) is 29.7 Å². The quantitative estimate of drug-likeness (QED) is 0.840. The molecule has 0 radical (unpaired) electrons. The van der Waals surface area contributed by atoms with Gasteiger partial charge in [-0.2, -0.15) is 0 Å². The zero-order chi connectivity index (χ0) is 15.0. The van der Waals surface area contributed by atoms with E-state index in [0.717, 1.165) is 0 Å². The highest BCUT2D eigenvalue weighted by molar-refractivity contribution is 7.89. The van der Waals surface area contributed by atoms with Crippen LogP contribution in [0.1, 0.15) is 19.8 Å². The fourth-order valence-corrected chi connectivity index (χ4v) is 3.80. The lowest BCUT2D eigenvalue weighted by Crippen LogP contribution is -2.53. The number of rotatable bonds is 3. The molecular formula is C13H16N2O5S. The van der Waals surface area contributed by atoms with Crippen LogP contribution >= 0.6 is 0 Å². The molecule has 1 aromatic carbocycles. The van der Waals surface area contributed by atoms with Gasteiger partial charge in [0.15, 0.2) is 11.5 Å². The standard InChI is InChI=1S/C13H16N2O5S/c1-8-10(3-5-13(16)14-8)15-21(17,18)9-2-4-11-12(6-9)20-7-19-11/h2,4,6,8,10,15H,3,5,7H2,1H3,(H,14,16). The molecule has 2 heterocycles. The lowest BCUT2D eigenvalue weighted by Gasteiger charge is -2.29. The zero-order valence-electron chi connectivity index (χ0n) is 11.5. The second-order valence-corrected chi connectivity index (χ2v) is 6.85. The van der Waals surface area contributed by atoms with Crippen LogP contribution in [0, 0.1) is 0 Å². The molecule has 7 nitrogen and oxygen atoms in total. The van der Waals surface area contributed by atoms with Crippen LogP contribution in [0.15, 0.2) is 23.1 Å². The maximum atomic E-state index is 12.4. The van der Waals surface area contributed by atoms with Crippen molar-refractivity contribution in [2.75, 3.05) is 6.79 Å². The van der Waals surface area contributed by atoms with Crippen LogP contribution in [0.2, 0.25) is 0 Å².